The van der Waals surface area contributed by atoms with Crippen LogP contribution in [-0.2, 0) is 4.74 Å². The molecule has 1 saturated carbocycles. The van der Waals surface area contributed by atoms with Crippen molar-refractivity contribution in [1.29, 1.82) is 0 Å². The van der Waals surface area contributed by atoms with E-state index in [4.69, 9.17) is 10.5 Å². The zero-order valence-electron chi connectivity index (χ0n) is 10.1. The first kappa shape index (κ1) is 12.8. The van der Waals surface area contributed by atoms with Gasteiger partial charge in [-0.3, -0.25) is 5.32 Å². The third kappa shape index (κ3) is 3.20. The Hall–Kier alpha value is -1.62. The van der Waals surface area contributed by atoms with Crippen molar-refractivity contribution in [3.8, 4) is 0 Å². The second kappa shape index (κ2) is 5.82. The number of hydrogen-bond acceptors (Lipinski definition) is 3. The van der Waals surface area contributed by atoms with Crippen LogP contribution < -0.4 is 11.1 Å². The van der Waals surface area contributed by atoms with E-state index in [0.29, 0.717) is 12.2 Å². The van der Waals surface area contributed by atoms with Crippen LogP contribution in [0.15, 0.2) is 24.3 Å². The Balaban J connectivity index is 1.89. The van der Waals surface area contributed by atoms with E-state index >= 15 is 0 Å². The maximum absolute atomic E-state index is 12.9. The Morgan fingerprint density at radius 2 is 2.33 bits per heavy atom. The van der Waals surface area contributed by atoms with Gasteiger partial charge in [0.1, 0.15) is 11.9 Å². The van der Waals surface area contributed by atoms with Crippen LogP contribution in [0.1, 0.15) is 19.3 Å². The van der Waals surface area contributed by atoms with Gasteiger partial charge in [0.25, 0.3) is 0 Å². The van der Waals surface area contributed by atoms with Crippen LogP contribution in [0.4, 0.5) is 14.9 Å². The van der Waals surface area contributed by atoms with E-state index in [9.17, 15) is 9.18 Å². The first-order chi connectivity index (χ1) is 8.69. The average molecular weight is 252 g/mol. The molecule has 0 heterocycles. The molecule has 1 aliphatic carbocycles. The summed E-state index contributed by atoms with van der Waals surface area (Å²) in [4.78, 5) is 11.6. The first-order valence-electron chi connectivity index (χ1n) is 6.12. The zero-order valence-corrected chi connectivity index (χ0v) is 10.1. The van der Waals surface area contributed by atoms with E-state index in [1.807, 2.05) is 0 Å². The SMILES string of the molecule is NCC1CCCC1OC(=O)Nc1cccc(F)c1. The third-order valence-electron chi connectivity index (χ3n) is 3.22. The van der Waals surface area contributed by atoms with Crippen LogP contribution in [0.3, 0.4) is 0 Å². The molecule has 0 spiro atoms. The summed E-state index contributed by atoms with van der Waals surface area (Å²) in [6.07, 6.45) is 2.20. The van der Waals surface area contributed by atoms with Crippen LogP contribution in [-0.4, -0.2) is 18.7 Å². The van der Waals surface area contributed by atoms with Crippen molar-refractivity contribution in [2.24, 2.45) is 11.7 Å². The van der Waals surface area contributed by atoms with Gasteiger partial charge in [-0.2, -0.15) is 0 Å². The second-order valence-corrected chi connectivity index (χ2v) is 4.51. The second-order valence-electron chi connectivity index (χ2n) is 4.51. The van der Waals surface area contributed by atoms with E-state index in [1.165, 1.54) is 18.2 Å². The molecule has 98 valence electrons. The zero-order chi connectivity index (χ0) is 13.0. The fourth-order valence-electron chi connectivity index (χ4n) is 2.28. The largest absolute Gasteiger partial charge is 0.446 e. The highest BCUT2D eigenvalue weighted by atomic mass is 19.1. The lowest BCUT2D eigenvalue weighted by Gasteiger charge is -2.18. The Kier molecular flexibility index (Phi) is 4.15. The van der Waals surface area contributed by atoms with Crippen molar-refractivity contribution < 1.29 is 13.9 Å². The molecule has 3 N–H and O–H groups in total. The van der Waals surface area contributed by atoms with E-state index in [2.05, 4.69) is 5.32 Å². The topological polar surface area (TPSA) is 64.3 Å². The summed E-state index contributed by atoms with van der Waals surface area (Å²) < 4.78 is 18.2. The van der Waals surface area contributed by atoms with Crippen molar-refractivity contribution >= 4 is 11.8 Å². The Morgan fingerprint density at radius 1 is 1.50 bits per heavy atom. The van der Waals surface area contributed by atoms with Gasteiger partial charge in [-0.1, -0.05) is 6.07 Å². The van der Waals surface area contributed by atoms with Crippen molar-refractivity contribution in [2.75, 3.05) is 11.9 Å². The number of carbonyl (C=O) groups excluding carboxylic acids is 1. The standard InChI is InChI=1S/C13H17FN2O2/c14-10-4-2-5-11(7-10)16-13(17)18-12-6-1-3-9(12)8-15/h2,4-5,7,9,12H,1,3,6,8,15H2,(H,16,17). The minimum atomic E-state index is -0.550. The third-order valence-corrected chi connectivity index (χ3v) is 3.22. The van der Waals surface area contributed by atoms with Crippen LogP contribution in [0, 0.1) is 11.7 Å². The van der Waals surface area contributed by atoms with Crippen LogP contribution in [0.2, 0.25) is 0 Å². The van der Waals surface area contributed by atoms with E-state index in [-0.39, 0.29) is 12.0 Å². The fraction of sp³-hybridized carbons (Fsp3) is 0.462. The molecule has 0 aliphatic heterocycles. The number of amides is 1. The highest BCUT2D eigenvalue weighted by molar-refractivity contribution is 5.84. The summed E-state index contributed by atoms with van der Waals surface area (Å²) in [5, 5.41) is 2.51. The van der Waals surface area contributed by atoms with Crippen LogP contribution >= 0.6 is 0 Å². The highest BCUT2D eigenvalue weighted by Crippen LogP contribution is 2.27. The number of nitrogens with one attached hydrogen (secondary N) is 1. The summed E-state index contributed by atoms with van der Waals surface area (Å²) in [7, 11) is 0. The number of halogens is 1. The number of benzene rings is 1. The van der Waals surface area contributed by atoms with E-state index in [1.54, 1.807) is 6.07 Å². The number of anilines is 1. The number of rotatable bonds is 3. The van der Waals surface area contributed by atoms with Gasteiger partial charge in [-0.05, 0) is 44.0 Å². The molecule has 18 heavy (non-hydrogen) atoms. The van der Waals surface area contributed by atoms with Crippen LogP contribution in [0.25, 0.3) is 0 Å². The molecule has 0 radical (unpaired) electrons. The summed E-state index contributed by atoms with van der Waals surface area (Å²) in [5.74, 6) is -0.156. The predicted octanol–water partition coefficient (Wildman–Crippen LogP) is 2.50. The van der Waals surface area contributed by atoms with Crippen molar-refractivity contribution in [3.05, 3.63) is 30.1 Å². The minimum Gasteiger partial charge on any atom is -0.446 e. The average Bonchev–Trinajstić information content (AvgIpc) is 2.76. The number of carbonyl (C=O) groups is 1. The van der Waals surface area contributed by atoms with E-state index < -0.39 is 11.9 Å². The van der Waals surface area contributed by atoms with Gasteiger partial charge in [0, 0.05) is 11.6 Å². The molecule has 2 unspecified atom stereocenters. The van der Waals surface area contributed by atoms with Crippen LogP contribution in [0.5, 0.6) is 0 Å². The molecule has 0 aromatic heterocycles. The van der Waals surface area contributed by atoms with Gasteiger partial charge in [0.05, 0.1) is 0 Å². The molecule has 1 fully saturated rings. The first-order valence-corrected chi connectivity index (χ1v) is 6.12. The molecule has 0 saturated heterocycles. The molecule has 2 atom stereocenters. The van der Waals surface area contributed by atoms with Crippen molar-refractivity contribution in [1.82, 2.24) is 0 Å². The lowest BCUT2D eigenvalue weighted by atomic mass is 10.1. The van der Waals surface area contributed by atoms with Gasteiger partial charge in [-0.15, -0.1) is 0 Å². The quantitative estimate of drug-likeness (QED) is 0.868. The summed E-state index contributed by atoms with van der Waals surface area (Å²) in [6, 6.07) is 5.71. The normalized spacial score (nSPS) is 22.8. The smallest absolute Gasteiger partial charge is 0.411 e. The molecule has 0 bridgehead atoms. The van der Waals surface area contributed by atoms with Gasteiger partial charge >= 0.3 is 6.09 Å². The van der Waals surface area contributed by atoms with Gasteiger partial charge in [-0.25, -0.2) is 9.18 Å². The van der Waals surface area contributed by atoms with Gasteiger partial charge < -0.3 is 10.5 Å². The van der Waals surface area contributed by atoms with E-state index in [0.717, 1.165) is 19.3 Å². The highest BCUT2D eigenvalue weighted by Gasteiger charge is 2.29. The number of nitrogens with two attached hydrogens (primary N) is 1. The lowest BCUT2D eigenvalue weighted by molar-refractivity contribution is 0.0893. The summed E-state index contributed by atoms with van der Waals surface area (Å²) in [6.45, 7) is 0.526. The number of hydrogen-bond donors (Lipinski definition) is 2. The molecule has 1 aromatic rings. The minimum absolute atomic E-state index is 0.122. The monoisotopic (exact) mass is 252 g/mol. The number of ether oxygens (including phenoxy) is 1. The summed E-state index contributed by atoms with van der Waals surface area (Å²) in [5.41, 5.74) is 6.00. The van der Waals surface area contributed by atoms with Crippen molar-refractivity contribution in [3.63, 3.8) is 0 Å². The Bertz CT molecular complexity index is 425. The lowest BCUT2D eigenvalue weighted by Crippen LogP contribution is -2.29. The Morgan fingerprint density at radius 3 is 3.06 bits per heavy atom. The van der Waals surface area contributed by atoms with Crippen molar-refractivity contribution in [2.45, 2.75) is 25.4 Å². The fourth-order valence-corrected chi connectivity index (χ4v) is 2.28. The molecular weight excluding hydrogens is 235 g/mol. The van der Waals surface area contributed by atoms with Gasteiger partial charge in [0.2, 0.25) is 0 Å². The predicted molar refractivity (Wildman–Crippen MR) is 66.7 cm³/mol. The van der Waals surface area contributed by atoms with Gasteiger partial charge in [0.15, 0.2) is 0 Å². The molecule has 1 aliphatic rings. The molecule has 5 heteroatoms. The Labute approximate surface area is 105 Å². The molecule has 4 nitrogen and oxygen atoms in total. The molecule has 1 amide bonds. The summed E-state index contributed by atoms with van der Waals surface area (Å²) >= 11 is 0. The molecule has 1 aromatic carbocycles. The molecule has 2 rings (SSSR count). The molecular formula is C13H17FN2O2. The maximum Gasteiger partial charge on any atom is 0.411 e. The maximum atomic E-state index is 12.9.